The second kappa shape index (κ2) is 4.72. The van der Waals surface area contributed by atoms with Crippen LogP contribution in [0.4, 0.5) is 5.82 Å². The summed E-state index contributed by atoms with van der Waals surface area (Å²) in [5.74, 6) is 0.439. The standard InChI is InChI=1S/C9H13BrN2O2/c1-5-2-6(4-12-9(5)11)8(14)7(13)3-10/h2,4,7-8,13-14H,3H2,1H3,(H2,11,12). The number of alkyl halides is 1. The van der Waals surface area contributed by atoms with Gasteiger partial charge >= 0.3 is 0 Å². The molecule has 0 amide bonds. The summed E-state index contributed by atoms with van der Waals surface area (Å²) < 4.78 is 0. The summed E-state index contributed by atoms with van der Waals surface area (Å²) in [6.45, 7) is 1.80. The molecule has 2 unspecified atom stereocenters. The number of nitrogen functional groups attached to an aromatic ring is 1. The predicted octanol–water partition coefficient (Wildman–Crippen LogP) is 0.761. The van der Waals surface area contributed by atoms with Crippen LogP contribution in [0.15, 0.2) is 12.3 Å². The van der Waals surface area contributed by atoms with E-state index in [1.54, 1.807) is 13.0 Å². The number of nitrogens with zero attached hydrogens (tertiary/aromatic N) is 1. The minimum atomic E-state index is -0.929. The first kappa shape index (κ1) is 11.4. The van der Waals surface area contributed by atoms with Crippen LogP contribution in [0, 0.1) is 6.92 Å². The molecule has 0 saturated heterocycles. The van der Waals surface area contributed by atoms with Gasteiger partial charge in [-0.2, -0.15) is 0 Å². The number of hydrogen-bond acceptors (Lipinski definition) is 4. The normalized spacial score (nSPS) is 15.1. The van der Waals surface area contributed by atoms with Crippen LogP contribution in [0.3, 0.4) is 0 Å². The third kappa shape index (κ3) is 2.43. The Morgan fingerprint density at radius 1 is 1.57 bits per heavy atom. The van der Waals surface area contributed by atoms with Crippen molar-refractivity contribution in [2.75, 3.05) is 11.1 Å². The van der Waals surface area contributed by atoms with Crippen LogP contribution >= 0.6 is 15.9 Å². The van der Waals surface area contributed by atoms with E-state index < -0.39 is 12.2 Å². The molecule has 4 N–H and O–H groups in total. The van der Waals surface area contributed by atoms with Crippen molar-refractivity contribution in [3.05, 3.63) is 23.4 Å². The van der Waals surface area contributed by atoms with Crippen LogP contribution < -0.4 is 5.73 Å². The zero-order valence-corrected chi connectivity index (χ0v) is 9.40. The summed E-state index contributed by atoms with van der Waals surface area (Å²) in [5.41, 5.74) is 6.90. The molecule has 78 valence electrons. The van der Waals surface area contributed by atoms with E-state index in [1.165, 1.54) is 6.20 Å². The molecule has 1 aromatic rings. The first-order chi connectivity index (χ1) is 6.56. The number of aliphatic hydroxyl groups excluding tert-OH is 2. The predicted molar refractivity (Wildman–Crippen MR) is 58.1 cm³/mol. The Kier molecular flexibility index (Phi) is 3.86. The lowest BCUT2D eigenvalue weighted by molar-refractivity contribution is 0.0340. The van der Waals surface area contributed by atoms with E-state index in [4.69, 9.17) is 5.73 Å². The van der Waals surface area contributed by atoms with E-state index in [0.29, 0.717) is 16.7 Å². The topological polar surface area (TPSA) is 79.4 Å². The summed E-state index contributed by atoms with van der Waals surface area (Å²) in [7, 11) is 0. The fourth-order valence-electron chi connectivity index (χ4n) is 1.08. The first-order valence-electron chi connectivity index (χ1n) is 4.20. The SMILES string of the molecule is Cc1cc(C(O)C(O)CBr)cnc1N. The molecule has 1 heterocycles. The van der Waals surface area contributed by atoms with Gasteiger partial charge in [0.2, 0.25) is 0 Å². The van der Waals surface area contributed by atoms with E-state index in [9.17, 15) is 10.2 Å². The molecule has 0 aliphatic rings. The van der Waals surface area contributed by atoms with E-state index in [-0.39, 0.29) is 0 Å². The van der Waals surface area contributed by atoms with Gasteiger partial charge in [-0.25, -0.2) is 4.98 Å². The average molecular weight is 261 g/mol. The molecule has 0 aliphatic heterocycles. The molecule has 14 heavy (non-hydrogen) atoms. The lowest BCUT2D eigenvalue weighted by atomic mass is 10.1. The van der Waals surface area contributed by atoms with Crippen molar-refractivity contribution < 1.29 is 10.2 Å². The molecule has 0 saturated carbocycles. The number of pyridine rings is 1. The third-order valence-electron chi connectivity index (χ3n) is 2.00. The van der Waals surface area contributed by atoms with Gasteiger partial charge in [0.15, 0.2) is 0 Å². The monoisotopic (exact) mass is 260 g/mol. The van der Waals surface area contributed by atoms with Crippen molar-refractivity contribution in [1.29, 1.82) is 0 Å². The van der Waals surface area contributed by atoms with Gasteiger partial charge in [-0.05, 0) is 18.6 Å². The van der Waals surface area contributed by atoms with Crippen molar-refractivity contribution in [3.63, 3.8) is 0 Å². The quantitative estimate of drug-likeness (QED) is 0.702. The molecule has 1 aromatic heterocycles. The molecule has 0 fully saturated rings. The van der Waals surface area contributed by atoms with Gasteiger partial charge in [-0.3, -0.25) is 0 Å². The number of aryl methyl sites for hydroxylation is 1. The number of halogens is 1. The summed E-state index contributed by atoms with van der Waals surface area (Å²) in [6.07, 6.45) is -0.292. The number of anilines is 1. The molecule has 0 spiro atoms. The molecule has 4 nitrogen and oxygen atoms in total. The number of nitrogens with two attached hydrogens (primary N) is 1. The minimum absolute atomic E-state index is 0.317. The summed E-state index contributed by atoms with van der Waals surface area (Å²) in [4.78, 5) is 3.91. The van der Waals surface area contributed by atoms with Gasteiger partial charge < -0.3 is 15.9 Å². The van der Waals surface area contributed by atoms with E-state index >= 15 is 0 Å². The molecular weight excluding hydrogens is 248 g/mol. The maximum atomic E-state index is 9.64. The fourth-order valence-corrected chi connectivity index (χ4v) is 1.43. The number of aromatic nitrogens is 1. The minimum Gasteiger partial charge on any atom is -0.389 e. The molecule has 1 rings (SSSR count). The molecule has 0 aromatic carbocycles. The number of rotatable bonds is 3. The summed E-state index contributed by atoms with van der Waals surface area (Å²) in [5, 5.41) is 19.3. The Morgan fingerprint density at radius 3 is 2.71 bits per heavy atom. The zero-order chi connectivity index (χ0) is 10.7. The van der Waals surface area contributed by atoms with Crippen LogP contribution in [0.25, 0.3) is 0 Å². The maximum absolute atomic E-state index is 9.64. The highest BCUT2D eigenvalue weighted by molar-refractivity contribution is 9.09. The summed E-state index contributed by atoms with van der Waals surface area (Å²) >= 11 is 3.09. The highest BCUT2D eigenvalue weighted by atomic mass is 79.9. The van der Waals surface area contributed by atoms with Gasteiger partial charge in [0, 0.05) is 17.1 Å². The van der Waals surface area contributed by atoms with Crippen LogP contribution in [-0.2, 0) is 0 Å². The average Bonchev–Trinajstić information content (AvgIpc) is 2.20. The van der Waals surface area contributed by atoms with Gasteiger partial charge in [0.05, 0.1) is 6.10 Å². The maximum Gasteiger partial charge on any atom is 0.126 e. The number of hydrogen-bond donors (Lipinski definition) is 3. The zero-order valence-electron chi connectivity index (χ0n) is 7.81. The Bertz CT molecular complexity index is 320. The molecular formula is C9H13BrN2O2. The smallest absolute Gasteiger partial charge is 0.126 e. The molecule has 2 atom stereocenters. The van der Waals surface area contributed by atoms with Gasteiger partial charge in [0.1, 0.15) is 11.9 Å². The highest BCUT2D eigenvalue weighted by Gasteiger charge is 2.17. The Balaban J connectivity index is 2.91. The van der Waals surface area contributed by atoms with Gasteiger partial charge in [0.25, 0.3) is 0 Å². The molecule has 0 bridgehead atoms. The van der Waals surface area contributed by atoms with Crippen molar-refractivity contribution in [3.8, 4) is 0 Å². The van der Waals surface area contributed by atoms with Gasteiger partial charge in [-0.15, -0.1) is 0 Å². The Morgan fingerprint density at radius 2 is 2.21 bits per heavy atom. The van der Waals surface area contributed by atoms with Crippen molar-refractivity contribution in [1.82, 2.24) is 4.98 Å². The van der Waals surface area contributed by atoms with Crippen LogP contribution in [0.5, 0.6) is 0 Å². The van der Waals surface area contributed by atoms with Crippen LogP contribution in [0.2, 0.25) is 0 Å². The van der Waals surface area contributed by atoms with E-state index in [1.807, 2.05) is 0 Å². The van der Waals surface area contributed by atoms with Crippen molar-refractivity contribution in [2.45, 2.75) is 19.1 Å². The fraction of sp³-hybridized carbons (Fsp3) is 0.444. The van der Waals surface area contributed by atoms with Crippen LogP contribution in [-0.4, -0.2) is 26.6 Å². The van der Waals surface area contributed by atoms with Crippen LogP contribution in [0.1, 0.15) is 17.2 Å². The first-order valence-corrected chi connectivity index (χ1v) is 5.32. The molecule has 0 radical (unpaired) electrons. The molecule has 0 aliphatic carbocycles. The molecule has 5 heteroatoms. The van der Waals surface area contributed by atoms with Gasteiger partial charge in [-0.1, -0.05) is 15.9 Å². The third-order valence-corrected chi connectivity index (χ3v) is 2.67. The second-order valence-corrected chi connectivity index (χ2v) is 3.78. The second-order valence-electron chi connectivity index (χ2n) is 3.14. The lowest BCUT2D eigenvalue weighted by Crippen LogP contribution is -2.19. The highest BCUT2D eigenvalue weighted by Crippen LogP contribution is 2.20. The van der Waals surface area contributed by atoms with Crippen molar-refractivity contribution >= 4 is 21.7 Å². The van der Waals surface area contributed by atoms with Crippen molar-refractivity contribution in [2.24, 2.45) is 0 Å². The lowest BCUT2D eigenvalue weighted by Gasteiger charge is -2.16. The number of aliphatic hydroxyl groups is 2. The summed E-state index contributed by atoms with van der Waals surface area (Å²) in [6, 6.07) is 1.72. The van der Waals surface area contributed by atoms with E-state index in [0.717, 1.165) is 5.56 Å². The Labute approximate surface area is 90.9 Å². The Hall–Kier alpha value is -0.650. The van der Waals surface area contributed by atoms with E-state index in [2.05, 4.69) is 20.9 Å². The largest absolute Gasteiger partial charge is 0.389 e.